The fourth-order valence-corrected chi connectivity index (χ4v) is 3.84. The molecule has 0 atom stereocenters. The predicted molar refractivity (Wildman–Crippen MR) is 123 cm³/mol. The predicted octanol–water partition coefficient (Wildman–Crippen LogP) is 1.43. The number of benzene rings is 1. The van der Waals surface area contributed by atoms with Crippen LogP contribution >= 0.6 is 11.3 Å². The van der Waals surface area contributed by atoms with Gasteiger partial charge in [0.15, 0.2) is 0 Å². The van der Waals surface area contributed by atoms with Gasteiger partial charge in [-0.3, -0.25) is 19.4 Å². The van der Waals surface area contributed by atoms with Crippen LogP contribution in [0.1, 0.15) is 53.0 Å². The van der Waals surface area contributed by atoms with Gasteiger partial charge in [0, 0.05) is 22.9 Å². The van der Waals surface area contributed by atoms with Crippen LogP contribution in [0.5, 0.6) is 0 Å². The second-order valence-corrected chi connectivity index (χ2v) is 9.14. The van der Waals surface area contributed by atoms with E-state index in [1.165, 1.54) is 23.6 Å². The molecule has 3 N–H and O–H groups in total. The van der Waals surface area contributed by atoms with E-state index in [1.807, 2.05) is 20.8 Å². The fourth-order valence-electron chi connectivity index (χ4n) is 3.25. The molecule has 0 unspecified atom stereocenters. The lowest BCUT2D eigenvalue weighted by atomic mass is 9.90. The van der Waals surface area contributed by atoms with Gasteiger partial charge in [-0.25, -0.2) is 4.98 Å². The number of nitrogens with one attached hydrogen (secondary N) is 3. The lowest BCUT2D eigenvalue weighted by Crippen LogP contribution is -2.46. The average molecular weight is 448 g/mol. The summed E-state index contributed by atoms with van der Waals surface area (Å²) in [4.78, 5) is 54.9. The smallest absolute Gasteiger partial charge is 0.272 e. The van der Waals surface area contributed by atoms with E-state index in [0.717, 1.165) is 5.69 Å². The van der Waals surface area contributed by atoms with Gasteiger partial charge < -0.3 is 15.0 Å². The van der Waals surface area contributed by atoms with Crippen molar-refractivity contribution in [2.75, 3.05) is 0 Å². The molecule has 0 spiro atoms. The van der Waals surface area contributed by atoms with Crippen molar-refractivity contribution in [3.63, 3.8) is 0 Å². The highest BCUT2D eigenvalue weighted by molar-refractivity contribution is 7.11. The summed E-state index contributed by atoms with van der Waals surface area (Å²) in [5, 5.41) is 0.200. The zero-order valence-electron chi connectivity index (χ0n) is 17.7. The van der Waals surface area contributed by atoms with Crippen LogP contribution in [0.15, 0.2) is 51.9 Å². The number of thiazole rings is 1. The van der Waals surface area contributed by atoms with Crippen LogP contribution in [0.25, 0.3) is 12.2 Å². The summed E-state index contributed by atoms with van der Waals surface area (Å²) in [7, 11) is 0. The molecule has 162 valence electrons. The van der Waals surface area contributed by atoms with Gasteiger partial charge in [0.05, 0.1) is 22.4 Å². The maximum atomic E-state index is 12.6. The van der Waals surface area contributed by atoms with E-state index in [2.05, 4.69) is 24.9 Å². The largest absolute Gasteiger partial charge is 0.348 e. The minimum atomic E-state index is -0.456. The van der Waals surface area contributed by atoms with Gasteiger partial charge in [0.2, 0.25) is 5.78 Å². The summed E-state index contributed by atoms with van der Waals surface area (Å²) >= 11 is 1.26. The minimum absolute atomic E-state index is 0.0904. The number of rotatable bonds is 4. The molecule has 0 bridgehead atoms. The monoisotopic (exact) mass is 447 g/mol. The van der Waals surface area contributed by atoms with E-state index >= 15 is 0 Å². The quantitative estimate of drug-likeness (QED) is 0.408. The first-order valence-corrected chi connectivity index (χ1v) is 10.7. The van der Waals surface area contributed by atoms with Crippen molar-refractivity contribution in [1.29, 1.82) is 0 Å². The van der Waals surface area contributed by atoms with Crippen LogP contribution in [0, 0.1) is 0 Å². The second-order valence-electron chi connectivity index (χ2n) is 8.26. The van der Waals surface area contributed by atoms with Gasteiger partial charge >= 0.3 is 0 Å². The van der Waals surface area contributed by atoms with Crippen molar-refractivity contribution in [3.8, 4) is 0 Å². The molecule has 0 aliphatic heterocycles. The Kier molecular flexibility index (Phi) is 5.58. The molecule has 32 heavy (non-hydrogen) atoms. The normalized spacial score (nSPS) is 13.0. The van der Waals surface area contributed by atoms with Crippen LogP contribution in [0.4, 0.5) is 0 Å². The number of aromatic nitrogens is 5. The standard InChI is InChI=1S/C23H21N5O3S/c1-23(2,3)20-15(25-11-26-20)9-17-22(31)27-16(21(30)28-17)8-13-5-4-6-14(7-13)19(29)18-10-24-12-32-18/h4-12H,1-3H3,(H,25,26)(H,27,31)(H,28,30)/b16-8-,17-9-. The lowest BCUT2D eigenvalue weighted by molar-refractivity contribution is 0.104. The second kappa shape index (κ2) is 8.35. The molecular weight excluding hydrogens is 426 g/mol. The molecule has 0 fully saturated rings. The summed E-state index contributed by atoms with van der Waals surface area (Å²) in [5.41, 5.74) is 3.02. The number of imidazole rings is 1. The van der Waals surface area contributed by atoms with Crippen molar-refractivity contribution in [1.82, 2.24) is 24.9 Å². The van der Waals surface area contributed by atoms with Gasteiger partial charge in [-0.2, -0.15) is 0 Å². The van der Waals surface area contributed by atoms with Gasteiger partial charge in [-0.05, 0) is 23.8 Å². The van der Waals surface area contributed by atoms with Crippen LogP contribution in [-0.4, -0.2) is 30.7 Å². The molecule has 3 aromatic heterocycles. The Morgan fingerprint density at radius 2 is 1.78 bits per heavy atom. The average Bonchev–Trinajstić information content (AvgIpc) is 3.43. The summed E-state index contributed by atoms with van der Waals surface area (Å²) in [6, 6.07) is 6.83. The number of H-pyrrole nitrogens is 3. The number of hydrogen-bond acceptors (Lipinski definition) is 6. The van der Waals surface area contributed by atoms with Gasteiger partial charge in [0.1, 0.15) is 10.7 Å². The Morgan fingerprint density at radius 3 is 2.44 bits per heavy atom. The Morgan fingerprint density at radius 1 is 1.06 bits per heavy atom. The fraction of sp³-hybridized carbons (Fsp3) is 0.174. The third-order valence-electron chi connectivity index (χ3n) is 4.80. The van der Waals surface area contributed by atoms with Crippen molar-refractivity contribution < 1.29 is 4.79 Å². The third kappa shape index (κ3) is 4.42. The first-order chi connectivity index (χ1) is 15.2. The molecule has 4 rings (SSSR count). The highest BCUT2D eigenvalue weighted by Crippen LogP contribution is 2.22. The first kappa shape index (κ1) is 21.4. The van der Waals surface area contributed by atoms with E-state index < -0.39 is 11.1 Å². The van der Waals surface area contributed by atoms with Crippen LogP contribution < -0.4 is 21.8 Å². The molecule has 0 amide bonds. The highest BCUT2D eigenvalue weighted by Gasteiger charge is 2.19. The highest BCUT2D eigenvalue weighted by atomic mass is 32.1. The van der Waals surface area contributed by atoms with E-state index in [9.17, 15) is 14.4 Å². The maximum Gasteiger partial charge on any atom is 0.272 e. The topological polar surface area (TPSA) is 124 Å². The summed E-state index contributed by atoms with van der Waals surface area (Å²) < 4.78 is 0. The van der Waals surface area contributed by atoms with Gasteiger partial charge in [0.25, 0.3) is 11.1 Å². The van der Waals surface area contributed by atoms with Gasteiger partial charge in [-0.15, -0.1) is 11.3 Å². The molecule has 4 aromatic rings. The van der Waals surface area contributed by atoms with Gasteiger partial charge in [-0.1, -0.05) is 39.0 Å². The SMILES string of the molecule is CC(C)(C)c1[nH]cnc1/C=c1\[nH]c(=O)/c(=C/c2cccc(C(=O)c3cncs3)c2)[nH]c1=O. The molecule has 9 heteroatoms. The molecule has 1 aromatic carbocycles. The molecular formula is C23H21N5O3S. The number of carbonyl (C=O) groups is 1. The van der Waals surface area contributed by atoms with Crippen LogP contribution in [0.2, 0.25) is 0 Å². The zero-order chi connectivity index (χ0) is 22.9. The lowest BCUT2D eigenvalue weighted by Gasteiger charge is -2.16. The van der Waals surface area contributed by atoms with E-state index in [1.54, 1.807) is 42.2 Å². The number of ketones is 1. The van der Waals surface area contributed by atoms with Crippen molar-refractivity contribution in [2.45, 2.75) is 26.2 Å². The zero-order valence-corrected chi connectivity index (χ0v) is 18.5. The van der Waals surface area contributed by atoms with E-state index in [4.69, 9.17) is 0 Å². The summed E-state index contributed by atoms with van der Waals surface area (Å²) in [6.07, 6.45) is 6.16. The Labute approximate surface area is 186 Å². The number of nitrogens with zero attached hydrogens (tertiary/aromatic N) is 2. The van der Waals surface area contributed by atoms with E-state index in [0.29, 0.717) is 21.7 Å². The maximum absolute atomic E-state index is 12.6. The minimum Gasteiger partial charge on any atom is -0.348 e. The third-order valence-corrected chi connectivity index (χ3v) is 5.57. The number of aromatic amines is 3. The summed E-state index contributed by atoms with van der Waals surface area (Å²) in [6.45, 7) is 6.07. The van der Waals surface area contributed by atoms with Crippen molar-refractivity contribution in [3.05, 3.63) is 101 Å². The molecule has 0 aliphatic carbocycles. The van der Waals surface area contributed by atoms with Crippen molar-refractivity contribution >= 4 is 29.3 Å². The Hall–Kier alpha value is -3.85. The number of carbonyl (C=O) groups excluding carboxylic acids is 1. The van der Waals surface area contributed by atoms with Crippen LogP contribution in [0.3, 0.4) is 0 Å². The Balaban J connectivity index is 1.75. The molecule has 0 saturated heterocycles. The summed E-state index contributed by atoms with van der Waals surface area (Å²) in [5.74, 6) is -0.149. The molecule has 0 aliphatic rings. The van der Waals surface area contributed by atoms with Crippen LogP contribution in [-0.2, 0) is 5.41 Å². The molecule has 0 radical (unpaired) electrons. The molecule has 0 saturated carbocycles. The first-order valence-electron chi connectivity index (χ1n) is 9.85. The molecule has 3 heterocycles. The van der Waals surface area contributed by atoms with E-state index in [-0.39, 0.29) is 21.9 Å². The molecule has 8 nitrogen and oxygen atoms in total. The Bertz CT molecular complexity index is 1520. The number of hydrogen-bond donors (Lipinski definition) is 3. The van der Waals surface area contributed by atoms with Crippen molar-refractivity contribution in [2.24, 2.45) is 0 Å².